The molecule has 1 heterocycles. The van der Waals surface area contributed by atoms with Crippen LogP contribution in [0.2, 0.25) is 0 Å². The Labute approximate surface area is 171 Å². The first-order chi connectivity index (χ1) is 13.7. The van der Waals surface area contributed by atoms with Crippen molar-refractivity contribution in [3.8, 4) is 5.69 Å². The number of aromatic nitrogens is 2. The number of hydrogen-bond donors (Lipinski definition) is 1. The molecule has 2 aromatic carbocycles. The van der Waals surface area contributed by atoms with Crippen LogP contribution in [0.3, 0.4) is 0 Å². The molecular formula is C22H25N3O3S. The molecule has 1 N–H and O–H groups in total. The van der Waals surface area contributed by atoms with E-state index in [-0.39, 0.29) is 23.3 Å². The molecule has 0 aliphatic heterocycles. The molecule has 0 aliphatic carbocycles. The minimum Gasteiger partial charge on any atom is -0.349 e. The number of carbonyl (C=O) groups excluding carboxylic acids is 1. The summed E-state index contributed by atoms with van der Waals surface area (Å²) in [5, 5.41) is 7.56. The molecule has 0 saturated heterocycles. The number of amides is 1. The lowest BCUT2D eigenvalue weighted by atomic mass is 10.1. The molecule has 0 saturated carbocycles. The summed E-state index contributed by atoms with van der Waals surface area (Å²) >= 11 is 0. The van der Waals surface area contributed by atoms with Crippen LogP contribution in [0.5, 0.6) is 0 Å². The van der Waals surface area contributed by atoms with E-state index in [9.17, 15) is 13.2 Å². The van der Waals surface area contributed by atoms with Gasteiger partial charge in [-0.1, -0.05) is 30.3 Å². The highest BCUT2D eigenvalue weighted by Gasteiger charge is 2.18. The molecule has 3 aromatic rings. The van der Waals surface area contributed by atoms with E-state index in [0.29, 0.717) is 0 Å². The number of nitrogens with zero attached hydrogens (tertiary/aromatic N) is 2. The van der Waals surface area contributed by atoms with Crippen molar-refractivity contribution < 1.29 is 13.2 Å². The molecule has 7 heteroatoms. The van der Waals surface area contributed by atoms with Gasteiger partial charge < -0.3 is 5.32 Å². The maximum absolute atomic E-state index is 12.6. The van der Waals surface area contributed by atoms with Gasteiger partial charge in [0.1, 0.15) is 0 Å². The van der Waals surface area contributed by atoms with Gasteiger partial charge in [0.25, 0.3) is 0 Å². The Kier molecular flexibility index (Phi) is 5.88. The third-order valence-electron chi connectivity index (χ3n) is 4.97. The van der Waals surface area contributed by atoms with Crippen LogP contribution in [-0.2, 0) is 21.1 Å². The lowest BCUT2D eigenvalue weighted by Crippen LogP contribution is -2.28. The van der Waals surface area contributed by atoms with Crippen LogP contribution >= 0.6 is 0 Å². The van der Waals surface area contributed by atoms with Gasteiger partial charge in [0.05, 0.1) is 28.7 Å². The number of sulfone groups is 1. The summed E-state index contributed by atoms with van der Waals surface area (Å²) in [6, 6.07) is 16.2. The lowest BCUT2D eigenvalue weighted by molar-refractivity contribution is -0.121. The zero-order valence-electron chi connectivity index (χ0n) is 17.0. The van der Waals surface area contributed by atoms with Crippen molar-refractivity contribution >= 4 is 15.7 Å². The van der Waals surface area contributed by atoms with Gasteiger partial charge in [0.2, 0.25) is 5.91 Å². The number of aryl methyl sites for hydroxylation is 1. The second-order valence-electron chi connectivity index (χ2n) is 7.20. The van der Waals surface area contributed by atoms with Crippen molar-refractivity contribution in [3.05, 3.63) is 77.1 Å². The summed E-state index contributed by atoms with van der Waals surface area (Å²) in [6.07, 6.45) is 1.41. The van der Waals surface area contributed by atoms with Gasteiger partial charge in [-0.15, -0.1) is 0 Å². The van der Waals surface area contributed by atoms with Crippen LogP contribution in [-0.4, -0.2) is 30.4 Å². The highest BCUT2D eigenvalue weighted by Crippen LogP contribution is 2.20. The predicted octanol–water partition coefficient (Wildman–Crippen LogP) is 3.31. The molecular weight excluding hydrogens is 386 g/mol. The molecule has 1 unspecified atom stereocenters. The van der Waals surface area contributed by atoms with Gasteiger partial charge in [0.15, 0.2) is 9.84 Å². The molecule has 0 aliphatic rings. The Morgan fingerprint density at radius 2 is 1.69 bits per heavy atom. The lowest BCUT2D eigenvalue weighted by Gasteiger charge is -2.15. The van der Waals surface area contributed by atoms with Gasteiger partial charge >= 0.3 is 0 Å². The molecule has 1 atom stereocenters. The van der Waals surface area contributed by atoms with Crippen LogP contribution in [0.4, 0.5) is 0 Å². The predicted molar refractivity (Wildman–Crippen MR) is 113 cm³/mol. The molecule has 152 valence electrons. The van der Waals surface area contributed by atoms with Gasteiger partial charge in [-0.2, -0.15) is 5.10 Å². The Morgan fingerprint density at radius 1 is 1.07 bits per heavy atom. The average molecular weight is 412 g/mol. The van der Waals surface area contributed by atoms with Crippen molar-refractivity contribution in [1.29, 1.82) is 0 Å². The van der Waals surface area contributed by atoms with E-state index < -0.39 is 9.84 Å². The standard InChI is InChI=1S/C22H25N3O3S/c1-15(18-10-12-20(13-11-18)29(4,27)28)23-22(26)14-21-16(2)24-25(17(21)3)19-8-6-5-7-9-19/h5-13,15H,14H2,1-4H3,(H,23,26). The summed E-state index contributed by atoms with van der Waals surface area (Å²) in [5.41, 5.74) is 4.48. The van der Waals surface area contributed by atoms with E-state index in [1.165, 1.54) is 6.26 Å². The van der Waals surface area contributed by atoms with E-state index >= 15 is 0 Å². The summed E-state index contributed by atoms with van der Waals surface area (Å²) in [5.74, 6) is -0.108. The number of rotatable bonds is 6. The smallest absolute Gasteiger partial charge is 0.225 e. The van der Waals surface area contributed by atoms with Crippen LogP contribution in [0, 0.1) is 13.8 Å². The maximum atomic E-state index is 12.6. The van der Waals surface area contributed by atoms with E-state index in [2.05, 4.69) is 10.4 Å². The summed E-state index contributed by atoms with van der Waals surface area (Å²) in [4.78, 5) is 12.9. The maximum Gasteiger partial charge on any atom is 0.225 e. The van der Waals surface area contributed by atoms with E-state index in [1.54, 1.807) is 24.3 Å². The highest BCUT2D eigenvalue weighted by molar-refractivity contribution is 7.90. The largest absolute Gasteiger partial charge is 0.349 e. The fourth-order valence-electron chi connectivity index (χ4n) is 3.29. The van der Waals surface area contributed by atoms with E-state index in [1.807, 2.05) is 55.8 Å². The molecule has 0 radical (unpaired) electrons. The Hall–Kier alpha value is -2.93. The summed E-state index contributed by atoms with van der Waals surface area (Å²) < 4.78 is 25.0. The number of carbonyl (C=O) groups is 1. The number of para-hydroxylation sites is 1. The zero-order valence-corrected chi connectivity index (χ0v) is 17.8. The Morgan fingerprint density at radius 3 is 2.28 bits per heavy atom. The van der Waals surface area contributed by atoms with Crippen molar-refractivity contribution in [2.45, 2.75) is 38.1 Å². The van der Waals surface area contributed by atoms with Crippen LogP contribution < -0.4 is 5.32 Å². The fourth-order valence-corrected chi connectivity index (χ4v) is 3.92. The van der Waals surface area contributed by atoms with Gasteiger partial charge in [-0.3, -0.25) is 4.79 Å². The van der Waals surface area contributed by atoms with Gasteiger partial charge in [-0.05, 0) is 50.6 Å². The van der Waals surface area contributed by atoms with E-state index in [0.717, 1.165) is 28.2 Å². The molecule has 0 spiro atoms. The summed E-state index contributed by atoms with van der Waals surface area (Å²) in [6.45, 7) is 5.74. The average Bonchev–Trinajstić information content (AvgIpc) is 2.96. The number of hydrogen-bond acceptors (Lipinski definition) is 4. The van der Waals surface area contributed by atoms with Gasteiger partial charge in [0, 0.05) is 17.5 Å². The highest BCUT2D eigenvalue weighted by atomic mass is 32.2. The quantitative estimate of drug-likeness (QED) is 0.675. The third-order valence-corrected chi connectivity index (χ3v) is 6.09. The Bertz CT molecular complexity index is 1120. The van der Waals surface area contributed by atoms with Crippen molar-refractivity contribution in [1.82, 2.24) is 15.1 Å². The normalized spacial score (nSPS) is 12.6. The minimum absolute atomic E-state index is 0.108. The van der Waals surface area contributed by atoms with Crippen molar-refractivity contribution in [3.63, 3.8) is 0 Å². The molecule has 1 aromatic heterocycles. The molecule has 0 fully saturated rings. The first-order valence-corrected chi connectivity index (χ1v) is 11.3. The molecule has 6 nitrogen and oxygen atoms in total. The number of benzene rings is 2. The van der Waals surface area contributed by atoms with Crippen molar-refractivity contribution in [2.75, 3.05) is 6.26 Å². The molecule has 1 amide bonds. The monoisotopic (exact) mass is 411 g/mol. The first kappa shape index (κ1) is 20.8. The van der Waals surface area contributed by atoms with Gasteiger partial charge in [-0.25, -0.2) is 13.1 Å². The third kappa shape index (κ3) is 4.74. The Balaban J connectivity index is 1.72. The molecule has 29 heavy (non-hydrogen) atoms. The summed E-state index contributed by atoms with van der Waals surface area (Å²) in [7, 11) is -3.24. The minimum atomic E-state index is -3.24. The van der Waals surface area contributed by atoms with Crippen LogP contribution in [0.15, 0.2) is 59.5 Å². The second-order valence-corrected chi connectivity index (χ2v) is 9.22. The first-order valence-electron chi connectivity index (χ1n) is 9.36. The second kappa shape index (κ2) is 8.21. The van der Waals surface area contributed by atoms with E-state index in [4.69, 9.17) is 0 Å². The zero-order chi connectivity index (χ0) is 21.2. The fraction of sp³-hybridized carbons (Fsp3) is 0.273. The van der Waals surface area contributed by atoms with Crippen LogP contribution in [0.25, 0.3) is 5.69 Å². The SMILES string of the molecule is Cc1nn(-c2ccccc2)c(C)c1CC(=O)NC(C)c1ccc(S(C)(=O)=O)cc1. The van der Waals surface area contributed by atoms with Crippen LogP contribution in [0.1, 0.15) is 35.5 Å². The molecule has 0 bridgehead atoms. The molecule has 3 rings (SSSR count). The van der Waals surface area contributed by atoms with Crippen molar-refractivity contribution in [2.24, 2.45) is 0 Å². The topological polar surface area (TPSA) is 81.1 Å². The number of nitrogens with one attached hydrogen (secondary N) is 1.